The summed E-state index contributed by atoms with van der Waals surface area (Å²) in [4.78, 5) is 2.26. The molecule has 0 amide bonds. The normalized spacial score (nSPS) is 12.0. The molecule has 0 saturated carbocycles. The number of sulfonamides is 1. The van der Waals surface area contributed by atoms with Crippen molar-refractivity contribution in [2.24, 2.45) is 5.10 Å². The summed E-state index contributed by atoms with van der Waals surface area (Å²) in [5, 5.41) is 3.80. The first-order chi connectivity index (χ1) is 15.6. The van der Waals surface area contributed by atoms with E-state index in [0.717, 1.165) is 11.1 Å². The maximum absolute atomic E-state index is 12.6. The lowest BCUT2D eigenvalue weighted by molar-refractivity contribution is 0.327. The molecule has 3 aromatic rings. The number of nitrogens with one attached hydrogen (secondary N) is 1. The molecule has 0 radical (unpaired) electrons. The zero-order valence-corrected chi connectivity index (χ0v) is 20.0. The molecule has 3 rings (SSSR count). The lowest BCUT2D eigenvalue weighted by atomic mass is 10.2. The molecular weight excluding hydrogens is 464 g/mol. The van der Waals surface area contributed by atoms with Crippen molar-refractivity contribution in [2.75, 3.05) is 6.61 Å². The summed E-state index contributed by atoms with van der Waals surface area (Å²) < 4.78 is 60.7. The van der Waals surface area contributed by atoms with Gasteiger partial charge in [0.2, 0.25) is 0 Å². The van der Waals surface area contributed by atoms with Crippen molar-refractivity contribution in [2.45, 2.75) is 30.6 Å². The summed E-state index contributed by atoms with van der Waals surface area (Å²) in [6.07, 6.45) is 1.28. The Balaban J connectivity index is 1.79. The van der Waals surface area contributed by atoms with Gasteiger partial charge < -0.3 is 8.92 Å². The Labute approximate surface area is 194 Å². The molecule has 0 aliphatic heterocycles. The fourth-order valence-corrected chi connectivity index (χ4v) is 4.48. The molecule has 0 aliphatic carbocycles. The molecule has 1 N–H and O–H groups in total. The molecule has 0 aliphatic rings. The molecule has 0 spiro atoms. The van der Waals surface area contributed by atoms with Crippen LogP contribution < -0.4 is 13.8 Å². The Kier molecular flexibility index (Phi) is 7.39. The minimum atomic E-state index is -4.06. The number of hydrogen-bond acceptors (Lipinski definition) is 7. The molecule has 0 saturated heterocycles. The molecule has 10 heteroatoms. The summed E-state index contributed by atoms with van der Waals surface area (Å²) in [5.41, 5.74) is 2.34. The molecule has 8 nitrogen and oxygen atoms in total. The molecule has 33 heavy (non-hydrogen) atoms. The number of rotatable bonds is 9. The van der Waals surface area contributed by atoms with Gasteiger partial charge in [0.1, 0.15) is 4.90 Å². The quantitative estimate of drug-likeness (QED) is 0.279. The maximum Gasteiger partial charge on any atom is 0.339 e. The molecule has 0 aromatic heterocycles. The van der Waals surface area contributed by atoms with Crippen LogP contribution in [0.15, 0.2) is 81.6 Å². The minimum Gasteiger partial charge on any atom is -0.490 e. The second-order valence-corrected chi connectivity index (χ2v) is 10.4. The van der Waals surface area contributed by atoms with Crippen LogP contribution in [0.4, 0.5) is 0 Å². The van der Waals surface area contributed by atoms with Crippen LogP contribution in [-0.4, -0.2) is 29.7 Å². The van der Waals surface area contributed by atoms with E-state index in [-0.39, 0.29) is 27.9 Å². The summed E-state index contributed by atoms with van der Waals surface area (Å²) in [5.74, 6) is 0.188. The molecular formula is C23H24N2O6S2. The van der Waals surface area contributed by atoms with Crippen molar-refractivity contribution < 1.29 is 25.8 Å². The highest BCUT2D eigenvalue weighted by Crippen LogP contribution is 2.31. The molecule has 174 valence electrons. The van der Waals surface area contributed by atoms with Crippen LogP contribution in [-0.2, 0) is 20.1 Å². The number of ether oxygens (including phenoxy) is 1. The first-order valence-electron chi connectivity index (χ1n) is 10.0. The highest BCUT2D eigenvalue weighted by Gasteiger charge is 2.19. The monoisotopic (exact) mass is 488 g/mol. The number of hydrazone groups is 1. The van der Waals surface area contributed by atoms with Gasteiger partial charge in [0.05, 0.1) is 17.7 Å². The van der Waals surface area contributed by atoms with E-state index < -0.39 is 20.1 Å². The fraction of sp³-hybridized carbons (Fsp3) is 0.174. The van der Waals surface area contributed by atoms with E-state index in [9.17, 15) is 16.8 Å². The van der Waals surface area contributed by atoms with E-state index in [1.165, 1.54) is 48.7 Å². The Morgan fingerprint density at radius 2 is 1.39 bits per heavy atom. The lowest BCUT2D eigenvalue weighted by Crippen LogP contribution is -2.18. The second kappa shape index (κ2) is 10.1. The van der Waals surface area contributed by atoms with E-state index in [0.29, 0.717) is 5.56 Å². The van der Waals surface area contributed by atoms with Crippen LogP contribution in [0.25, 0.3) is 0 Å². The SMILES string of the molecule is CCOc1cc(/C=N\NS(=O)(=O)c2ccc(C)cc2)ccc1OS(=O)(=O)c1ccc(C)cc1. The predicted octanol–water partition coefficient (Wildman–Crippen LogP) is 3.78. The van der Waals surface area contributed by atoms with Gasteiger partial charge in [0.25, 0.3) is 10.0 Å². The molecule has 0 heterocycles. The first-order valence-corrected chi connectivity index (χ1v) is 12.9. The van der Waals surface area contributed by atoms with Crippen molar-refractivity contribution in [1.82, 2.24) is 4.83 Å². The van der Waals surface area contributed by atoms with Gasteiger partial charge in [-0.25, -0.2) is 4.83 Å². The van der Waals surface area contributed by atoms with Crippen LogP contribution in [0.2, 0.25) is 0 Å². The van der Waals surface area contributed by atoms with Crippen molar-refractivity contribution >= 4 is 26.4 Å². The van der Waals surface area contributed by atoms with E-state index in [1.54, 1.807) is 31.2 Å². The topological polar surface area (TPSA) is 111 Å². The summed E-state index contributed by atoms with van der Waals surface area (Å²) in [6.45, 7) is 5.72. The van der Waals surface area contributed by atoms with Gasteiger partial charge in [-0.05, 0) is 68.8 Å². The number of aryl methyl sites for hydroxylation is 2. The van der Waals surface area contributed by atoms with Crippen LogP contribution in [0.5, 0.6) is 11.5 Å². The van der Waals surface area contributed by atoms with E-state index >= 15 is 0 Å². The minimum absolute atomic E-state index is 0.00908. The van der Waals surface area contributed by atoms with Crippen molar-refractivity contribution in [3.05, 3.63) is 83.4 Å². The predicted molar refractivity (Wildman–Crippen MR) is 126 cm³/mol. The van der Waals surface area contributed by atoms with Crippen molar-refractivity contribution in [3.63, 3.8) is 0 Å². The molecule has 0 bridgehead atoms. The summed E-state index contributed by atoms with van der Waals surface area (Å²) >= 11 is 0. The number of hydrogen-bond donors (Lipinski definition) is 1. The third-order valence-electron chi connectivity index (χ3n) is 4.49. The van der Waals surface area contributed by atoms with Gasteiger partial charge in [-0.15, -0.1) is 0 Å². The van der Waals surface area contributed by atoms with Crippen LogP contribution in [0.1, 0.15) is 23.6 Å². The van der Waals surface area contributed by atoms with Crippen LogP contribution >= 0.6 is 0 Å². The standard InChI is InChI=1S/C23H24N2O6S2/c1-4-30-23-15-19(16-24-25-32(26,27)20-10-5-17(2)6-11-20)9-14-22(23)31-33(28,29)21-12-7-18(3)8-13-21/h5-16,25H,4H2,1-3H3/b24-16-. The Hall–Kier alpha value is -3.37. The molecule has 0 atom stereocenters. The second-order valence-electron chi connectivity index (χ2n) is 7.16. The van der Waals surface area contributed by atoms with Crippen LogP contribution in [0.3, 0.4) is 0 Å². The Bertz CT molecular complexity index is 1350. The first kappa shape index (κ1) is 24.3. The third-order valence-corrected chi connectivity index (χ3v) is 6.98. The summed E-state index contributed by atoms with van der Waals surface area (Å²) in [6, 6.07) is 17.1. The molecule has 0 unspecified atom stereocenters. The van der Waals surface area contributed by atoms with E-state index in [4.69, 9.17) is 8.92 Å². The van der Waals surface area contributed by atoms with E-state index in [2.05, 4.69) is 9.93 Å². The number of nitrogens with zero attached hydrogens (tertiary/aromatic N) is 1. The lowest BCUT2D eigenvalue weighted by Gasteiger charge is -2.12. The zero-order chi connectivity index (χ0) is 24.1. The molecule has 3 aromatic carbocycles. The van der Waals surface area contributed by atoms with Gasteiger partial charge in [0, 0.05) is 0 Å². The largest absolute Gasteiger partial charge is 0.490 e. The smallest absolute Gasteiger partial charge is 0.339 e. The van der Waals surface area contributed by atoms with Crippen molar-refractivity contribution in [1.29, 1.82) is 0 Å². The number of benzene rings is 3. The van der Waals surface area contributed by atoms with Crippen molar-refractivity contribution in [3.8, 4) is 11.5 Å². The van der Waals surface area contributed by atoms with Gasteiger partial charge in [-0.2, -0.15) is 21.9 Å². The molecule has 0 fully saturated rings. The maximum atomic E-state index is 12.6. The highest BCUT2D eigenvalue weighted by atomic mass is 32.2. The van der Waals surface area contributed by atoms with Gasteiger partial charge in [-0.1, -0.05) is 35.4 Å². The third kappa shape index (κ3) is 6.33. The highest BCUT2D eigenvalue weighted by molar-refractivity contribution is 7.89. The Morgan fingerprint density at radius 1 is 0.818 bits per heavy atom. The Morgan fingerprint density at radius 3 is 1.97 bits per heavy atom. The van der Waals surface area contributed by atoms with Gasteiger partial charge in [-0.3, -0.25) is 0 Å². The zero-order valence-electron chi connectivity index (χ0n) is 18.3. The summed E-state index contributed by atoms with van der Waals surface area (Å²) in [7, 11) is -7.88. The van der Waals surface area contributed by atoms with Crippen LogP contribution in [0, 0.1) is 13.8 Å². The van der Waals surface area contributed by atoms with E-state index in [1.807, 2.05) is 13.8 Å². The fourth-order valence-electron chi connectivity index (χ4n) is 2.75. The van der Waals surface area contributed by atoms with Gasteiger partial charge in [0.15, 0.2) is 11.5 Å². The average molecular weight is 489 g/mol. The average Bonchev–Trinajstić information content (AvgIpc) is 2.76. The van der Waals surface area contributed by atoms with Gasteiger partial charge >= 0.3 is 10.1 Å².